The normalized spacial score (nSPS) is 28.7. The number of pyridine rings is 2. The van der Waals surface area contributed by atoms with E-state index in [2.05, 4.69) is 41.7 Å². The van der Waals surface area contributed by atoms with Gasteiger partial charge in [-0.2, -0.15) is 5.10 Å². The average Bonchev–Trinajstić information content (AvgIpc) is 3.91. The van der Waals surface area contributed by atoms with Gasteiger partial charge in [0.2, 0.25) is 5.91 Å². The summed E-state index contributed by atoms with van der Waals surface area (Å²) in [4.78, 5) is 38.8. The Morgan fingerprint density at radius 3 is 2.46 bits per heavy atom. The fourth-order valence-corrected chi connectivity index (χ4v) is 8.35. The summed E-state index contributed by atoms with van der Waals surface area (Å²) in [6, 6.07) is 9.01. The van der Waals surface area contributed by atoms with Crippen LogP contribution in [0.15, 0.2) is 35.6 Å². The zero-order chi connectivity index (χ0) is 34.7. The summed E-state index contributed by atoms with van der Waals surface area (Å²) in [6.45, 7) is 7.07. The van der Waals surface area contributed by atoms with E-state index in [1.54, 1.807) is 7.11 Å². The summed E-state index contributed by atoms with van der Waals surface area (Å²) < 4.78 is 16.7. The van der Waals surface area contributed by atoms with Crippen molar-refractivity contribution in [2.45, 2.75) is 120 Å². The van der Waals surface area contributed by atoms with E-state index in [9.17, 15) is 9.59 Å². The van der Waals surface area contributed by atoms with Crippen LogP contribution in [0.3, 0.4) is 0 Å². The summed E-state index contributed by atoms with van der Waals surface area (Å²) in [5, 5.41) is 9.99. The number of carbonyl (C=O) groups excluding carboxylic acids is 2. The SMILES string of the molecule is COc1ccc(C2CCC(CN(C(=O)C3CCC(OC(=O)NC4CCOCC4)CC3)c3cc(C4(C)C=NN(C5CC5)C4)ccn3)CC2)nc1C. The maximum Gasteiger partial charge on any atom is 0.407 e. The van der Waals surface area contributed by atoms with Crippen LogP contribution in [0.5, 0.6) is 5.75 Å². The number of aromatic nitrogens is 2. The summed E-state index contributed by atoms with van der Waals surface area (Å²) >= 11 is 0. The van der Waals surface area contributed by atoms with Crippen molar-refractivity contribution in [3.63, 3.8) is 0 Å². The molecule has 7 rings (SSSR count). The molecule has 4 heterocycles. The van der Waals surface area contributed by atoms with E-state index in [4.69, 9.17) is 29.3 Å². The van der Waals surface area contributed by atoms with Crippen LogP contribution in [0.25, 0.3) is 0 Å². The molecular formula is C39H54N6O5. The minimum atomic E-state index is -0.353. The largest absolute Gasteiger partial charge is 0.495 e. The van der Waals surface area contributed by atoms with Crippen molar-refractivity contribution in [3.8, 4) is 5.75 Å². The third kappa shape index (κ3) is 8.08. The Labute approximate surface area is 296 Å². The highest BCUT2D eigenvalue weighted by atomic mass is 16.6. The van der Waals surface area contributed by atoms with E-state index in [0.29, 0.717) is 63.3 Å². The highest BCUT2D eigenvalue weighted by molar-refractivity contribution is 5.94. The van der Waals surface area contributed by atoms with Crippen LogP contribution < -0.4 is 15.0 Å². The lowest BCUT2D eigenvalue weighted by atomic mass is 9.79. The summed E-state index contributed by atoms with van der Waals surface area (Å²) in [5.74, 6) is 2.35. The molecular weight excluding hydrogens is 632 g/mol. The smallest absolute Gasteiger partial charge is 0.407 e. The highest BCUT2D eigenvalue weighted by Gasteiger charge is 2.40. The molecule has 3 saturated carbocycles. The van der Waals surface area contributed by atoms with Gasteiger partial charge in [0.25, 0.3) is 0 Å². The van der Waals surface area contributed by atoms with Crippen LogP contribution in [0.1, 0.15) is 107 Å². The molecule has 11 heteroatoms. The monoisotopic (exact) mass is 686 g/mol. The Balaban J connectivity index is 1.02. The summed E-state index contributed by atoms with van der Waals surface area (Å²) in [5.41, 5.74) is 2.98. The maximum absolute atomic E-state index is 14.5. The number of methoxy groups -OCH3 is 1. The number of hydrogen-bond donors (Lipinski definition) is 1. The van der Waals surface area contributed by atoms with Crippen molar-refractivity contribution in [1.29, 1.82) is 0 Å². The standard InChI is InChI=1S/C39H54N6O5/c1-26-35(48-3)15-14-34(42-26)28-6-4-27(5-7-28)23-44(36-22-30(16-19-40-36)39(2)24-41-45(25-39)32-10-11-32)37(46)29-8-12-33(13-9-29)50-38(47)43-31-17-20-49-21-18-31/h14-16,19,22,24,27-29,31-33H,4-13,17-18,20-21,23,25H2,1-3H3,(H,43,47). The Kier molecular flexibility index (Phi) is 10.6. The lowest BCUT2D eigenvalue weighted by Gasteiger charge is -2.36. The van der Waals surface area contributed by atoms with Gasteiger partial charge in [0.05, 0.1) is 19.3 Å². The number of nitrogens with zero attached hydrogens (tertiary/aromatic N) is 5. The van der Waals surface area contributed by atoms with Gasteiger partial charge >= 0.3 is 6.09 Å². The van der Waals surface area contributed by atoms with Crippen LogP contribution in [-0.2, 0) is 19.7 Å². The fourth-order valence-electron chi connectivity index (χ4n) is 8.35. The number of alkyl carbamates (subject to hydrolysis) is 1. The van der Waals surface area contributed by atoms with E-state index in [1.165, 1.54) is 12.8 Å². The van der Waals surface area contributed by atoms with Crippen molar-refractivity contribution in [3.05, 3.63) is 47.4 Å². The van der Waals surface area contributed by atoms with E-state index >= 15 is 0 Å². The minimum Gasteiger partial charge on any atom is -0.495 e. The van der Waals surface area contributed by atoms with Gasteiger partial charge in [-0.25, -0.2) is 9.78 Å². The molecule has 0 spiro atoms. The molecule has 1 N–H and O–H groups in total. The quantitative estimate of drug-likeness (QED) is 0.310. The Bertz CT molecular complexity index is 1530. The lowest BCUT2D eigenvalue weighted by molar-refractivity contribution is -0.124. The molecule has 2 aromatic heterocycles. The number of hydrogen-bond acceptors (Lipinski definition) is 9. The van der Waals surface area contributed by atoms with Crippen molar-refractivity contribution in [1.82, 2.24) is 20.3 Å². The molecule has 1 atom stereocenters. The molecule has 1 unspecified atom stereocenters. The first-order chi connectivity index (χ1) is 24.3. The Hall–Kier alpha value is -3.73. The molecule has 0 aromatic carbocycles. The maximum atomic E-state index is 14.5. The van der Waals surface area contributed by atoms with E-state index in [1.807, 2.05) is 24.1 Å². The first-order valence-electron chi connectivity index (χ1n) is 18.9. The minimum absolute atomic E-state index is 0.104. The first kappa shape index (κ1) is 34.7. The van der Waals surface area contributed by atoms with E-state index in [0.717, 1.165) is 73.6 Å². The number of rotatable bonds is 10. The summed E-state index contributed by atoms with van der Waals surface area (Å²) in [7, 11) is 1.68. The van der Waals surface area contributed by atoms with Gasteiger partial charge in [0, 0.05) is 67.2 Å². The van der Waals surface area contributed by atoms with Gasteiger partial charge in [-0.05, 0) is 127 Å². The van der Waals surface area contributed by atoms with Crippen molar-refractivity contribution >= 4 is 24.0 Å². The second-order valence-electron chi connectivity index (χ2n) is 15.5. The Morgan fingerprint density at radius 1 is 1.00 bits per heavy atom. The van der Waals surface area contributed by atoms with Gasteiger partial charge < -0.3 is 19.5 Å². The predicted molar refractivity (Wildman–Crippen MR) is 192 cm³/mol. The topological polar surface area (TPSA) is 118 Å². The second kappa shape index (κ2) is 15.3. The first-order valence-corrected chi connectivity index (χ1v) is 18.9. The predicted octanol–water partition coefficient (Wildman–Crippen LogP) is 6.29. The molecule has 50 heavy (non-hydrogen) atoms. The fraction of sp³-hybridized carbons (Fsp3) is 0.667. The van der Waals surface area contributed by atoms with Gasteiger partial charge in [0.1, 0.15) is 17.7 Å². The number of anilines is 1. The lowest BCUT2D eigenvalue weighted by Crippen LogP contribution is -2.44. The molecule has 4 fully saturated rings. The molecule has 270 valence electrons. The zero-order valence-electron chi connectivity index (χ0n) is 30.0. The second-order valence-corrected chi connectivity index (χ2v) is 15.5. The third-order valence-corrected chi connectivity index (χ3v) is 11.7. The molecule has 2 aliphatic heterocycles. The van der Waals surface area contributed by atoms with Crippen LogP contribution in [-0.4, -0.2) is 84.8 Å². The van der Waals surface area contributed by atoms with Crippen LogP contribution in [0, 0.1) is 18.8 Å². The van der Waals surface area contributed by atoms with Crippen molar-refractivity contribution < 1.29 is 23.8 Å². The van der Waals surface area contributed by atoms with Crippen molar-refractivity contribution in [2.75, 3.05) is 38.3 Å². The molecule has 0 bridgehead atoms. The zero-order valence-corrected chi connectivity index (χ0v) is 30.0. The highest BCUT2D eigenvalue weighted by Crippen LogP contribution is 2.39. The third-order valence-electron chi connectivity index (χ3n) is 11.7. The molecule has 11 nitrogen and oxygen atoms in total. The van der Waals surface area contributed by atoms with Gasteiger partial charge in [-0.1, -0.05) is 0 Å². The average molecular weight is 687 g/mol. The van der Waals surface area contributed by atoms with E-state index < -0.39 is 0 Å². The number of ether oxygens (including phenoxy) is 3. The molecule has 1 saturated heterocycles. The van der Waals surface area contributed by atoms with Crippen LogP contribution >= 0.6 is 0 Å². The summed E-state index contributed by atoms with van der Waals surface area (Å²) in [6.07, 6.45) is 14.4. The number of hydrazone groups is 1. The van der Waals surface area contributed by atoms with Crippen LogP contribution in [0.4, 0.5) is 10.6 Å². The number of aryl methyl sites for hydroxylation is 1. The number of carbonyl (C=O) groups is 2. The number of amides is 2. The Morgan fingerprint density at radius 2 is 1.76 bits per heavy atom. The van der Waals surface area contributed by atoms with Crippen LogP contribution in [0.2, 0.25) is 0 Å². The van der Waals surface area contributed by atoms with Crippen molar-refractivity contribution in [2.24, 2.45) is 16.9 Å². The van der Waals surface area contributed by atoms with Gasteiger partial charge in [-0.15, -0.1) is 0 Å². The molecule has 5 aliphatic rings. The molecule has 2 amide bonds. The number of nitrogens with one attached hydrogen (secondary N) is 1. The van der Waals surface area contributed by atoms with Gasteiger partial charge in [0.15, 0.2) is 0 Å². The molecule has 3 aliphatic carbocycles. The van der Waals surface area contributed by atoms with Gasteiger partial charge in [-0.3, -0.25) is 19.7 Å². The molecule has 0 radical (unpaired) electrons. The van der Waals surface area contributed by atoms with E-state index in [-0.39, 0.29) is 35.5 Å². The molecule has 2 aromatic rings.